The number of aromatic carboxylic acids is 1. The molecule has 4 heteroatoms. The van der Waals surface area contributed by atoms with Crippen molar-refractivity contribution >= 4 is 28.3 Å². The van der Waals surface area contributed by atoms with Crippen LogP contribution in [0.4, 0.5) is 0 Å². The van der Waals surface area contributed by atoms with E-state index in [1.54, 1.807) is 12.1 Å². The molecule has 0 spiro atoms. The molecule has 0 saturated carbocycles. The quantitative estimate of drug-likeness (QED) is 0.916. The summed E-state index contributed by atoms with van der Waals surface area (Å²) in [6.45, 7) is 2.08. The van der Waals surface area contributed by atoms with Gasteiger partial charge in [-0.2, -0.15) is 0 Å². The summed E-state index contributed by atoms with van der Waals surface area (Å²) in [7, 11) is 0. The highest BCUT2D eigenvalue weighted by molar-refractivity contribution is 6.25. The second kappa shape index (κ2) is 5.76. The van der Waals surface area contributed by atoms with Gasteiger partial charge in [-0.05, 0) is 23.9 Å². The van der Waals surface area contributed by atoms with E-state index in [1.165, 1.54) is 5.54 Å². The smallest absolute Gasteiger partial charge is 0.339 e. The third-order valence-electron chi connectivity index (χ3n) is 2.74. The Hall–Kier alpha value is -2.00. The maximum absolute atomic E-state index is 11.3. The summed E-state index contributed by atoms with van der Waals surface area (Å²) >= 11 is 5.58. The van der Waals surface area contributed by atoms with Gasteiger partial charge in [-0.1, -0.05) is 41.9 Å². The Morgan fingerprint density at radius 2 is 2.05 bits per heavy atom. The molecule has 0 bridgehead atoms. The number of ether oxygens (including phenoxy) is 1. The summed E-state index contributed by atoms with van der Waals surface area (Å²) < 4.78 is 5.63. The molecule has 2 aromatic carbocycles. The number of hydrogen-bond donors (Lipinski definition) is 1. The van der Waals surface area contributed by atoms with E-state index in [9.17, 15) is 9.90 Å². The summed E-state index contributed by atoms with van der Waals surface area (Å²) in [4.78, 5) is 11.3. The molecule has 0 aromatic heterocycles. The van der Waals surface area contributed by atoms with Gasteiger partial charge >= 0.3 is 5.97 Å². The fraction of sp³-hybridized carbons (Fsp3) is 0.133. The van der Waals surface area contributed by atoms with Gasteiger partial charge in [-0.25, -0.2) is 4.79 Å². The second-order valence-corrected chi connectivity index (χ2v) is 4.43. The van der Waals surface area contributed by atoms with Crippen LogP contribution in [0, 0.1) is 0 Å². The maximum atomic E-state index is 11.3. The van der Waals surface area contributed by atoms with E-state index in [4.69, 9.17) is 16.3 Å². The molecule has 2 rings (SSSR count). The Morgan fingerprint density at radius 3 is 2.74 bits per heavy atom. The van der Waals surface area contributed by atoms with Gasteiger partial charge in [0.15, 0.2) is 0 Å². The lowest BCUT2D eigenvalue weighted by Crippen LogP contribution is -2.05. The molecule has 0 atom stereocenters. The molecule has 0 amide bonds. The van der Waals surface area contributed by atoms with Crippen LogP contribution in [0.1, 0.15) is 17.3 Å². The van der Waals surface area contributed by atoms with Gasteiger partial charge in [0.25, 0.3) is 0 Å². The molecular weight excluding hydrogens is 264 g/mol. The number of fused-ring (bicyclic) bond motifs is 1. The molecule has 19 heavy (non-hydrogen) atoms. The van der Waals surface area contributed by atoms with Crippen molar-refractivity contribution in [1.29, 1.82) is 0 Å². The summed E-state index contributed by atoms with van der Waals surface area (Å²) in [5.74, 6) is -0.628. The minimum absolute atomic E-state index is 0.154. The first-order valence-electron chi connectivity index (χ1n) is 5.77. The lowest BCUT2D eigenvalue weighted by atomic mass is 10.1. The monoisotopic (exact) mass is 276 g/mol. The van der Waals surface area contributed by atoms with Crippen LogP contribution in [0.25, 0.3) is 10.8 Å². The van der Waals surface area contributed by atoms with Gasteiger partial charge < -0.3 is 9.84 Å². The van der Waals surface area contributed by atoms with Crippen molar-refractivity contribution in [3.05, 3.63) is 53.1 Å². The highest BCUT2D eigenvalue weighted by Gasteiger charge is 2.14. The van der Waals surface area contributed by atoms with Gasteiger partial charge in [0, 0.05) is 10.9 Å². The summed E-state index contributed by atoms with van der Waals surface area (Å²) in [6.07, 6.45) is 0. The average molecular weight is 277 g/mol. The Kier molecular flexibility index (Phi) is 4.07. The number of benzene rings is 2. The predicted molar refractivity (Wildman–Crippen MR) is 76.0 cm³/mol. The maximum Gasteiger partial charge on any atom is 0.339 e. The molecule has 0 heterocycles. The third kappa shape index (κ3) is 2.88. The summed E-state index contributed by atoms with van der Waals surface area (Å²) in [5.41, 5.74) is 2.40. The zero-order chi connectivity index (χ0) is 13.8. The molecule has 0 aliphatic rings. The van der Waals surface area contributed by atoms with Crippen LogP contribution in [-0.2, 0) is 0 Å². The van der Waals surface area contributed by atoms with E-state index >= 15 is 0 Å². The minimum atomic E-state index is -1.01. The summed E-state index contributed by atoms with van der Waals surface area (Å²) in [5, 5.41) is 10.9. The molecule has 1 N–H and O–H groups in total. The zero-order valence-electron chi connectivity index (χ0n) is 10.4. The number of carboxylic acid groups (broad SMARTS) is 1. The van der Waals surface area contributed by atoms with E-state index in [-0.39, 0.29) is 12.2 Å². The summed E-state index contributed by atoms with van der Waals surface area (Å²) in [6, 6.07) is 10.8. The van der Waals surface area contributed by atoms with Crippen molar-refractivity contribution in [2.24, 2.45) is 0 Å². The Morgan fingerprint density at radius 1 is 1.32 bits per heavy atom. The highest BCUT2D eigenvalue weighted by Crippen LogP contribution is 2.30. The minimum Gasteiger partial charge on any atom is -0.488 e. The first kappa shape index (κ1) is 13.4. The normalized spacial score (nSPS) is 11.6. The fourth-order valence-electron chi connectivity index (χ4n) is 1.78. The molecule has 2 aromatic rings. The number of hydrogen-bond acceptors (Lipinski definition) is 2. The van der Waals surface area contributed by atoms with Crippen LogP contribution in [-0.4, -0.2) is 17.7 Å². The van der Waals surface area contributed by atoms with Crippen LogP contribution in [0.15, 0.2) is 47.5 Å². The van der Waals surface area contributed by atoms with Crippen molar-refractivity contribution in [3.63, 3.8) is 0 Å². The van der Waals surface area contributed by atoms with E-state index in [2.05, 4.69) is 0 Å². The van der Waals surface area contributed by atoms with E-state index < -0.39 is 5.97 Å². The van der Waals surface area contributed by atoms with Gasteiger partial charge in [0.2, 0.25) is 0 Å². The predicted octanol–water partition coefficient (Wildman–Crippen LogP) is 4.06. The van der Waals surface area contributed by atoms with Crippen LogP contribution in [0.5, 0.6) is 5.75 Å². The zero-order valence-corrected chi connectivity index (χ0v) is 11.1. The standard InChI is InChI=1S/C15H13ClO3/c1-10(8-16)9-19-14-12-5-3-2-4-11(12)6-7-13(14)15(17)18/h2-8H,9H2,1H3,(H,17,18)/b10-8-. The van der Waals surface area contributed by atoms with Crippen molar-refractivity contribution < 1.29 is 14.6 Å². The van der Waals surface area contributed by atoms with Crippen molar-refractivity contribution in [2.75, 3.05) is 6.61 Å². The van der Waals surface area contributed by atoms with Crippen LogP contribution >= 0.6 is 11.6 Å². The van der Waals surface area contributed by atoms with Gasteiger partial charge in [0.1, 0.15) is 17.9 Å². The van der Waals surface area contributed by atoms with Gasteiger partial charge in [-0.15, -0.1) is 0 Å². The lowest BCUT2D eigenvalue weighted by Gasteiger charge is -2.12. The molecule has 0 radical (unpaired) electrons. The average Bonchev–Trinajstić information content (AvgIpc) is 2.43. The second-order valence-electron chi connectivity index (χ2n) is 4.21. The number of carbonyl (C=O) groups is 1. The highest BCUT2D eigenvalue weighted by atomic mass is 35.5. The number of halogens is 1. The van der Waals surface area contributed by atoms with E-state index in [0.717, 1.165) is 16.3 Å². The molecule has 98 valence electrons. The van der Waals surface area contributed by atoms with E-state index in [1.807, 2.05) is 31.2 Å². The SMILES string of the molecule is C/C(=C/Cl)COc1c(C(=O)O)ccc2ccccc12. The molecule has 0 unspecified atom stereocenters. The van der Waals surface area contributed by atoms with Crippen LogP contribution < -0.4 is 4.74 Å². The Balaban J connectivity index is 2.52. The molecule has 0 fully saturated rings. The van der Waals surface area contributed by atoms with Crippen LogP contribution in [0.2, 0.25) is 0 Å². The number of rotatable bonds is 4. The molecule has 0 saturated heterocycles. The Bertz CT molecular complexity index is 647. The van der Waals surface area contributed by atoms with Gasteiger partial charge in [-0.3, -0.25) is 0 Å². The fourth-order valence-corrected chi connectivity index (χ4v) is 1.85. The molecular formula is C15H13ClO3. The van der Waals surface area contributed by atoms with Crippen molar-refractivity contribution in [1.82, 2.24) is 0 Å². The van der Waals surface area contributed by atoms with Crippen LogP contribution in [0.3, 0.4) is 0 Å². The van der Waals surface area contributed by atoms with Crippen molar-refractivity contribution in [2.45, 2.75) is 6.92 Å². The topological polar surface area (TPSA) is 46.5 Å². The van der Waals surface area contributed by atoms with E-state index in [0.29, 0.717) is 5.75 Å². The largest absolute Gasteiger partial charge is 0.488 e. The Labute approximate surface area is 116 Å². The molecule has 0 aliphatic carbocycles. The van der Waals surface area contributed by atoms with Crippen molar-refractivity contribution in [3.8, 4) is 5.75 Å². The third-order valence-corrected chi connectivity index (χ3v) is 3.11. The lowest BCUT2D eigenvalue weighted by molar-refractivity contribution is 0.0693. The molecule has 3 nitrogen and oxygen atoms in total. The molecule has 0 aliphatic heterocycles. The first-order valence-corrected chi connectivity index (χ1v) is 6.21. The first-order chi connectivity index (χ1) is 9.13. The number of carboxylic acids is 1. The van der Waals surface area contributed by atoms with Gasteiger partial charge in [0.05, 0.1) is 0 Å².